The Morgan fingerprint density at radius 1 is 1.07 bits per heavy atom. The van der Waals surface area contributed by atoms with Crippen molar-refractivity contribution in [1.29, 1.82) is 0 Å². The van der Waals surface area contributed by atoms with Crippen LogP contribution in [-0.2, 0) is 27.3 Å². The number of benzene rings is 2. The molecule has 3 rings (SSSR count). The Kier molecular flexibility index (Phi) is 6.85. The van der Waals surface area contributed by atoms with Crippen molar-refractivity contribution in [1.82, 2.24) is 4.90 Å². The summed E-state index contributed by atoms with van der Waals surface area (Å²) in [5, 5.41) is 2.75. The molecule has 0 unspecified atom stereocenters. The van der Waals surface area contributed by atoms with Crippen molar-refractivity contribution in [2.45, 2.75) is 25.8 Å². The van der Waals surface area contributed by atoms with E-state index in [1.807, 2.05) is 12.1 Å². The lowest BCUT2D eigenvalue weighted by Gasteiger charge is -2.14. The van der Waals surface area contributed by atoms with Crippen LogP contribution in [0.3, 0.4) is 0 Å². The molecule has 0 atom stereocenters. The number of carbonyl (C=O) groups excluding carboxylic acids is 3. The molecule has 3 amide bonds. The summed E-state index contributed by atoms with van der Waals surface area (Å²) >= 11 is 0. The zero-order chi connectivity index (χ0) is 21.5. The van der Waals surface area contributed by atoms with Crippen molar-refractivity contribution in [2.24, 2.45) is 0 Å². The lowest BCUT2D eigenvalue weighted by atomic mass is 10.1. The first-order chi connectivity index (χ1) is 14.5. The summed E-state index contributed by atoms with van der Waals surface area (Å²) in [6.45, 7) is 3.79. The zero-order valence-corrected chi connectivity index (χ0v) is 16.8. The molecule has 0 bridgehead atoms. The third-order valence-electron chi connectivity index (χ3n) is 4.70. The van der Waals surface area contributed by atoms with Gasteiger partial charge >= 0.3 is 0 Å². The van der Waals surface area contributed by atoms with Gasteiger partial charge in [-0.15, -0.1) is 6.58 Å². The molecule has 7 heteroatoms. The quantitative estimate of drug-likeness (QED) is 0.509. The van der Waals surface area contributed by atoms with Gasteiger partial charge in [-0.3, -0.25) is 19.3 Å². The molecular weight excluding hydrogens is 384 g/mol. The van der Waals surface area contributed by atoms with Crippen LogP contribution in [-0.4, -0.2) is 36.3 Å². The minimum absolute atomic E-state index is 0.150. The van der Waals surface area contributed by atoms with Crippen molar-refractivity contribution in [3.05, 3.63) is 66.2 Å². The molecule has 0 aliphatic carbocycles. The van der Waals surface area contributed by atoms with Gasteiger partial charge in [0.1, 0.15) is 0 Å². The number of imide groups is 1. The van der Waals surface area contributed by atoms with Gasteiger partial charge in [0.05, 0.1) is 13.7 Å². The molecule has 0 aromatic heterocycles. The molecular formula is C23H24N2O5. The van der Waals surface area contributed by atoms with Crippen LogP contribution in [0.2, 0.25) is 0 Å². The predicted molar refractivity (Wildman–Crippen MR) is 112 cm³/mol. The highest BCUT2D eigenvalue weighted by Gasteiger charge is 2.28. The highest BCUT2D eigenvalue weighted by molar-refractivity contribution is 6.01. The van der Waals surface area contributed by atoms with Gasteiger partial charge in [0.2, 0.25) is 11.8 Å². The van der Waals surface area contributed by atoms with E-state index in [0.29, 0.717) is 23.6 Å². The maximum Gasteiger partial charge on any atom is 0.262 e. The van der Waals surface area contributed by atoms with Crippen molar-refractivity contribution in [2.75, 3.05) is 19.0 Å². The van der Waals surface area contributed by atoms with Crippen LogP contribution in [0.15, 0.2) is 55.1 Å². The summed E-state index contributed by atoms with van der Waals surface area (Å²) in [7, 11) is 1.55. The average Bonchev–Trinajstić information content (AvgIpc) is 3.06. The topological polar surface area (TPSA) is 84.9 Å². The van der Waals surface area contributed by atoms with E-state index in [1.165, 1.54) is 4.90 Å². The molecule has 1 fully saturated rings. The maximum atomic E-state index is 12.2. The Hall–Kier alpha value is -3.61. The van der Waals surface area contributed by atoms with Gasteiger partial charge in [-0.25, -0.2) is 0 Å². The first-order valence-electron chi connectivity index (χ1n) is 9.62. The van der Waals surface area contributed by atoms with Crippen molar-refractivity contribution >= 4 is 23.4 Å². The largest absolute Gasteiger partial charge is 0.493 e. The fraction of sp³-hybridized carbons (Fsp3) is 0.261. The molecule has 0 spiro atoms. The summed E-state index contributed by atoms with van der Waals surface area (Å²) < 4.78 is 10.9. The van der Waals surface area contributed by atoms with E-state index in [0.717, 1.165) is 11.1 Å². The van der Waals surface area contributed by atoms with E-state index in [1.54, 1.807) is 43.5 Å². The molecule has 156 valence electrons. The normalized spacial score (nSPS) is 13.3. The third-order valence-corrected chi connectivity index (χ3v) is 4.70. The standard InChI is InChI=1S/C23H24N2O5/c1-3-4-16-7-10-19(20(13-16)29-2)30-15-21(26)24-18-8-5-17(6-9-18)14-25-22(27)11-12-23(25)28/h3,5-10,13H,1,4,11-12,14-15H2,2H3,(H,24,26). The van der Waals surface area contributed by atoms with E-state index in [2.05, 4.69) is 11.9 Å². The fourth-order valence-corrected chi connectivity index (χ4v) is 3.14. The van der Waals surface area contributed by atoms with Gasteiger partial charge in [0, 0.05) is 18.5 Å². The Morgan fingerprint density at radius 2 is 1.73 bits per heavy atom. The summed E-state index contributed by atoms with van der Waals surface area (Å²) in [5.41, 5.74) is 2.45. The number of likely N-dealkylation sites (tertiary alicyclic amines) is 1. The van der Waals surface area contributed by atoms with E-state index in [4.69, 9.17) is 9.47 Å². The van der Waals surface area contributed by atoms with Gasteiger partial charge in [-0.1, -0.05) is 24.3 Å². The number of anilines is 1. The van der Waals surface area contributed by atoms with Crippen LogP contribution in [0.5, 0.6) is 11.5 Å². The molecule has 0 radical (unpaired) electrons. The van der Waals surface area contributed by atoms with E-state index < -0.39 is 0 Å². The van der Waals surface area contributed by atoms with Crippen LogP contribution in [0.25, 0.3) is 0 Å². The molecule has 1 aliphatic rings. The lowest BCUT2D eigenvalue weighted by molar-refractivity contribution is -0.139. The van der Waals surface area contributed by atoms with Gasteiger partial charge in [-0.2, -0.15) is 0 Å². The number of carbonyl (C=O) groups is 3. The van der Waals surface area contributed by atoms with Crippen LogP contribution >= 0.6 is 0 Å². The average molecular weight is 408 g/mol. The lowest BCUT2D eigenvalue weighted by Crippen LogP contribution is -2.28. The minimum atomic E-state index is -0.315. The maximum absolute atomic E-state index is 12.2. The summed E-state index contributed by atoms with van der Waals surface area (Å²) in [6, 6.07) is 12.5. The van der Waals surface area contributed by atoms with Gasteiger partial charge in [0.15, 0.2) is 18.1 Å². The second-order valence-electron chi connectivity index (χ2n) is 6.89. The van der Waals surface area contributed by atoms with Crippen LogP contribution < -0.4 is 14.8 Å². The minimum Gasteiger partial charge on any atom is -0.493 e. The number of methoxy groups -OCH3 is 1. The number of nitrogens with zero attached hydrogens (tertiary/aromatic N) is 1. The monoisotopic (exact) mass is 408 g/mol. The SMILES string of the molecule is C=CCc1ccc(OCC(=O)Nc2ccc(CN3C(=O)CCC3=O)cc2)c(OC)c1. The molecule has 1 aliphatic heterocycles. The Bertz CT molecular complexity index is 937. The number of hydrogen-bond donors (Lipinski definition) is 1. The number of allylic oxidation sites excluding steroid dienone is 1. The summed E-state index contributed by atoms with van der Waals surface area (Å²) in [6.07, 6.45) is 3.06. The highest BCUT2D eigenvalue weighted by Crippen LogP contribution is 2.28. The summed E-state index contributed by atoms with van der Waals surface area (Å²) in [5.74, 6) is 0.420. The van der Waals surface area contributed by atoms with E-state index in [-0.39, 0.29) is 43.7 Å². The van der Waals surface area contributed by atoms with E-state index >= 15 is 0 Å². The van der Waals surface area contributed by atoms with Crippen LogP contribution in [0, 0.1) is 0 Å². The second kappa shape index (κ2) is 9.73. The third kappa shape index (κ3) is 5.26. The molecule has 2 aromatic carbocycles. The van der Waals surface area contributed by atoms with Crippen LogP contribution in [0.1, 0.15) is 24.0 Å². The summed E-state index contributed by atoms with van der Waals surface area (Å²) in [4.78, 5) is 36.9. The molecule has 1 heterocycles. The molecule has 1 saturated heterocycles. The Labute approximate surface area is 175 Å². The van der Waals surface area contributed by atoms with Gasteiger partial charge < -0.3 is 14.8 Å². The number of rotatable bonds is 9. The Morgan fingerprint density at radius 3 is 2.37 bits per heavy atom. The highest BCUT2D eigenvalue weighted by atomic mass is 16.5. The van der Waals surface area contributed by atoms with Crippen molar-refractivity contribution < 1.29 is 23.9 Å². The van der Waals surface area contributed by atoms with Crippen LogP contribution in [0.4, 0.5) is 5.69 Å². The number of amides is 3. The van der Waals surface area contributed by atoms with Gasteiger partial charge in [-0.05, 0) is 41.8 Å². The first-order valence-corrected chi connectivity index (χ1v) is 9.62. The number of hydrogen-bond acceptors (Lipinski definition) is 5. The van der Waals surface area contributed by atoms with Gasteiger partial charge in [0.25, 0.3) is 5.91 Å². The number of ether oxygens (including phenoxy) is 2. The first kappa shape index (κ1) is 21.1. The molecule has 1 N–H and O–H groups in total. The smallest absolute Gasteiger partial charge is 0.262 e. The molecule has 0 saturated carbocycles. The molecule has 2 aromatic rings. The Balaban J connectivity index is 1.53. The number of nitrogens with one attached hydrogen (secondary N) is 1. The zero-order valence-electron chi connectivity index (χ0n) is 16.8. The van der Waals surface area contributed by atoms with E-state index in [9.17, 15) is 14.4 Å². The van der Waals surface area contributed by atoms with Crippen molar-refractivity contribution in [3.63, 3.8) is 0 Å². The second-order valence-corrected chi connectivity index (χ2v) is 6.89. The molecule has 30 heavy (non-hydrogen) atoms. The van der Waals surface area contributed by atoms with Crippen molar-refractivity contribution in [3.8, 4) is 11.5 Å². The fourth-order valence-electron chi connectivity index (χ4n) is 3.14. The predicted octanol–water partition coefficient (Wildman–Crippen LogP) is 3.09. The molecule has 7 nitrogen and oxygen atoms in total.